The highest BCUT2D eigenvalue weighted by atomic mass is 15.2. The van der Waals surface area contributed by atoms with E-state index in [1.54, 1.807) is 4.68 Å². The molecule has 0 aliphatic carbocycles. The first-order valence-corrected chi connectivity index (χ1v) is 6.82. The highest BCUT2D eigenvalue weighted by Crippen LogP contribution is 2.20. The molecule has 2 rings (SSSR count). The Hall–Kier alpha value is -2.11. The standard InChI is InChI=1S/C14H22N6/c1-9(2)13-18-12(15)10(3)14(19-13)16-6-5-11-7-17-20(4)8-11/h7-9H,5-6H2,1-4H3,(H3,15,16,18,19). The summed E-state index contributed by atoms with van der Waals surface area (Å²) in [5, 5.41) is 7.49. The predicted molar refractivity (Wildman–Crippen MR) is 80.7 cm³/mol. The molecule has 6 heteroatoms. The van der Waals surface area contributed by atoms with Crippen molar-refractivity contribution in [2.24, 2.45) is 7.05 Å². The number of aryl methyl sites for hydroxylation is 1. The van der Waals surface area contributed by atoms with Crippen LogP contribution in [0.5, 0.6) is 0 Å². The fourth-order valence-corrected chi connectivity index (χ4v) is 1.91. The molecule has 20 heavy (non-hydrogen) atoms. The molecular formula is C14H22N6. The summed E-state index contributed by atoms with van der Waals surface area (Å²) in [7, 11) is 1.92. The summed E-state index contributed by atoms with van der Waals surface area (Å²) in [6, 6.07) is 0. The number of rotatable bonds is 5. The smallest absolute Gasteiger partial charge is 0.135 e. The van der Waals surface area contributed by atoms with Crippen LogP contribution in [0.25, 0.3) is 0 Å². The lowest BCUT2D eigenvalue weighted by molar-refractivity contribution is 0.766. The van der Waals surface area contributed by atoms with E-state index in [9.17, 15) is 0 Å². The lowest BCUT2D eigenvalue weighted by atomic mass is 10.2. The Balaban J connectivity index is 2.05. The van der Waals surface area contributed by atoms with Crippen molar-refractivity contribution >= 4 is 11.6 Å². The molecule has 2 heterocycles. The number of nitrogen functional groups attached to an aromatic ring is 1. The van der Waals surface area contributed by atoms with E-state index in [2.05, 4.69) is 34.2 Å². The molecular weight excluding hydrogens is 252 g/mol. The number of nitrogens with one attached hydrogen (secondary N) is 1. The minimum atomic E-state index is 0.261. The normalized spacial score (nSPS) is 11.1. The molecule has 0 atom stereocenters. The van der Waals surface area contributed by atoms with Crippen LogP contribution in [0.3, 0.4) is 0 Å². The maximum Gasteiger partial charge on any atom is 0.135 e. The number of aromatic nitrogens is 4. The second-order valence-corrected chi connectivity index (χ2v) is 5.29. The molecule has 0 bridgehead atoms. The molecule has 2 aromatic heterocycles. The van der Waals surface area contributed by atoms with Gasteiger partial charge in [0.15, 0.2) is 0 Å². The third-order valence-corrected chi connectivity index (χ3v) is 3.18. The number of hydrogen-bond acceptors (Lipinski definition) is 5. The SMILES string of the molecule is Cc1c(N)nc(C(C)C)nc1NCCc1cnn(C)c1. The lowest BCUT2D eigenvalue weighted by Crippen LogP contribution is -2.12. The van der Waals surface area contributed by atoms with Crippen molar-refractivity contribution in [3.05, 3.63) is 29.3 Å². The highest BCUT2D eigenvalue weighted by molar-refractivity contribution is 5.55. The largest absolute Gasteiger partial charge is 0.383 e. The quantitative estimate of drug-likeness (QED) is 0.870. The van der Waals surface area contributed by atoms with Crippen LogP contribution in [0, 0.1) is 6.92 Å². The van der Waals surface area contributed by atoms with Gasteiger partial charge in [-0.2, -0.15) is 5.10 Å². The Kier molecular flexibility index (Phi) is 4.22. The average molecular weight is 274 g/mol. The molecule has 0 aliphatic heterocycles. The first-order chi connectivity index (χ1) is 9.47. The molecule has 0 aromatic carbocycles. The van der Waals surface area contributed by atoms with Crippen molar-refractivity contribution < 1.29 is 0 Å². The number of nitrogens with two attached hydrogens (primary N) is 1. The van der Waals surface area contributed by atoms with Crippen LogP contribution in [0.4, 0.5) is 11.6 Å². The van der Waals surface area contributed by atoms with Gasteiger partial charge in [-0.3, -0.25) is 4.68 Å². The number of hydrogen-bond donors (Lipinski definition) is 2. The van der Waals surface area contributed by atoms with Crippen molar-refractivity contribution in [2.45, 2.75) is 33.1 Å². The molecule has 0 fully saturated rings. The lowest BCUT2D eigenvalue weighted by Gasteiger charge is -2.13. The Bertz CT molecular complexity index is 587. The van der Waals surface area contributed by atoms with E-state index >= 15 is 0 Å². The molecule has 0 spiro atoms. The first kappa shape index (κ1) is 14.3. The van der Waals surface area contributed by atoms with E-state index in [1.807, 2.05) is 26.4 Å². The zero-order valence-electron chi connectivity index (χ0n) is 12.5. The number of anilines is 2. The molecule has 0 amide bonds. The Labute approximate surface area is 119 Å². The van der Waals surface area contributed by atoms with Gasteiger partial charge < -0.3 is 11.1 Å². The molecule has 2 aromatic rings. The van der Waals surface area contributed by atoms with Crippen LogP contribution in [-0.4, -0.2) is 26.3 Å². The second-order valence-electron chi connectivity index (χ2n) is 5.29. The van der Waals surface area contributed by atoms with Gasteiger partial charge in [-0.25, -0.2) is 9.97 Å². The molecule has 108 valence electrons. The third kappa shape index (κ3) is 3.26. The van der Waals surface area contributed by atoms with Crippen LogP contribution in [0.1, 0.15) is 36.7 Å². The van der Waals surface area contributed by atoms with Crippen molar-refractivity contribution in [1.29, 1.82) is 0 Å². The first-order valence-electron chi connectivity index (χ1n) is 6.82. The predicted octanol–water partition coefficient (Wildman–Crippen LogP) is 1.88. The Morgan fingerprint density at radius 2 is 2.10 bits per heavy atom. The maximum atomic E-state index is 5.94. The van der Waals surface area contributed by atoms with Crippen molar-refractivity contribution in [1.82, 2.24) is 19.7 Å². The van der Waals surface area contributed by atoms with Gasteiger partial charge in [0, 0.05) is 31.3 Å². The Morgan fingerprint density at radius 1 is 1.35 bits per heavy atom. The van der Waals surface area contributed by atoms with Crippen LogP contribution in [0.15, 0.2) is 12.4 Å². The van der Waals surface area contributed by atoms with Gasteiger partial charge in [-0.15, -0.1) is 0 Å². The minimum absolute atomic E-state index is 0.261. The molecule has 0 aliphatic rings. The highest BCUT2D eigenvalue weighted by Gasteiger charge is 2.10. The van der Waals surface area contributed by atoms with E-state index in [1.165, 1.54) is 5.56 Å². The second kappa shape index (κ2) is 5.90. The summed E-state index contributed by atoms with van der Waals surface area (Å²) in [6.45, 7) is 6.85. The Morgan fingerprint density at radius 3 is 2.70 bits per heavy atom. The van der Waals surface area contributed by atoms with Gasteiger partial charge in [0.2, 0.25) is 0 Å². The van der Waals surface area contributed by atoms with Crippen molar-refractivity contribution in [2.75, 3.05) is 17.6 Å². The van der Waals surface area contributed by atoms with E-state index in [4.69, 9.17) is 5.73 Å². The zero-order valence-corrected chi connectivity index (χ0v) is 12.5. The van der Waals surface area contributed by atoms with Crippen LogP contribution in [-0.2, 0) is 13.5 Å². The fraction of sp³-hybridized carbons (Fsp3) is 0.500. The summed E-state index contributed by atoms with van der Waals surface area (Å²) in [4.78, 5) is 8.86. The molecule has 3 N–H and O–H groups in total. The molecule has 0 saturated heterocycles. The topological polar surface area (TPSA) is 81.7 Å². The molecule has 0 radical (unpaired) electrons. The van der Waals surface area contributed by atoms with Crippen LogP contribution < -0.4 is 11.1 Å². The number of nitrogens with zero attached hydrogens (tertiary/aromatic N) is 4. The molecule has 6 nitrogen and oxygen atoms in total. The van der Waals surface area contributed by atoms with Gasteiger partial charge in [0.05, 0.1) is 6.20 Å². The van der Waals surface area contributed by atoms with Gasteiger partial charge in [-0.05, 0) is 18.9 Å². The zero-order chi connectivity index (χ0) is 14.7. The van der Waals surface area contributed by atoms with Gasteiger partial charge in [0.1, 0.15) is 17.5 Å². The van der Waals surface area contributed by atoms with E-state index in [-0.39, 0.29) is 5.92 Å². The van der Waals surface area contributed by atoms with E-state index < -0.39 is 0 Å². The summed E-state index contributed by atoms with van der Waals surface area (Å²) in [6.07, 6.45) is 4.79. The fourth-order valence-electron chi connectivity index (χ4n) is 1.91. The van der Waals surface area contributed by atoms with Crippen molar-refractivity contribution in [3.8, 4) is 0 Å². The molecule has 0 saturated carbocycles. The average Bonchev–Trinajstić information content (AvgIpc) is 2.80. The van der Waals surface area contributed by atoms with Crippen LogP contribution >= 0.6 is 0 Å². The van der Waals surface area contributed by atoms with Gasteiger partial charge in [-0.1, -0.05) is 13.8 Å². The van der Waals surface area contributed by atoms with Crippen LogP contribution in [0.2, 0.25) is 0 Å². The van der Waals surface area contributed by atoms with Crippen molar-refractivity contribution in [3.63, 3.8) is 0 Å². The minimum Gasteiger partial charge on any atom is -0.383 e. The third-order valence-electron chi connectivity index (χ3n) is 3.18. The van der Waals surface area contributed by atoms with E-state index in [0.717, 1.165) is 30.2 Å². The van der Waals surface area contributed by atoms with Gasteiger partial charge >= 0.3 is 0 Å². The van der Waals surface area contributed by atoms with E-state index in [0.29, 0.717) is 5.82 Å². The summed E-state index contributed by atoms with van der Waals surface area (Å²) in [5.41, 5.74) is 8.04. The summed E-state index contributed by atoms with van der Waals surface area (Å²) in [5.74, 6) is 2.41. The van der Waals surface area contributed by atoms with Gasteiger partial charge in [0.25, 0.3) is 0 Å². The maximum absolute atomic E-state index is 5.94. The molecule has 0 unspecified atom stereocenters. The monoisotopic (exact) mass is 274 g/mol. The summed E-state index contributed by atoms with van der Waals surface area (Å²) < 4.78 is 1.81. The summed E-state index contributed by atoms with van der Waals surface area (Å²) >= 11 is 0.